The van der Waals surface area contributed by atoms with E-state index < -0.39 is 32.7 Å². The molecule has 2 heterocycles. The van der Waals surface area contributed by atoms with E-state index in [2.05, 4.69) is 15.0 Å². The first-order valence-corrected chi connectivity index (χ1v) is 11.0. The Bertz CT molecular complexity index is 1010. The number of nitrogens with one attached hydrogen (secondary N) is 2. The van der Waals surface area contributed by atoms with E-state index in [4.69, 9.17) is 0 Å². The predicted octanol–water partition coefficient (Wildman–Crippen LogP) is 1.31. The van der Waals surface area contributed by atoms with Gasteiger partial charge in [-0.1, -0.05) is 12.1 Å². The number of piperidine rings is 1. The number of rotatable bonds is 6. The minimum absolute atomic E-state index is 0.0906. The molecule has 2 aromatic rings. The van der Waals surface area contributed by atoms with Crippen molar-refractivity contribution in [2.45, 2.75) is 36.7 Å². The van der Waals surface area contributed by atoms with Crippen LogP contribution < -0.4 is 10.0 Å². The summed E-state index contributed by atoms with van der Waals surface area (Å²) in [6.45, 7) is 2.18. The van der Waals surface area contributed by atoms with Gasteiger partial charge in [0, 0.05) is 31.5 Å². The molecule has 0 aliphatic carbocycles. The third kappa shape index (κ3) is 5.19. The highest BCUT2D eigenvalue weighted by molar-refractivity contribution is 7.89. The maximum absolute atomic E-state index is 13.8. The summed E-state index contributed by atoms with van der Waals surface area (Å²) in [4.78, 5) is 29.8. The topological polar surface area (TPSA) is 108 Å². The first-order valence-electron chi connectivity index (χ1n) is 9.54. The number of amides is 2. The molecule has 8 nitrogen and oxygen atoms in total. The van der Waals surface area contributed by atoms with Crippen LogP contribution >= 0.6 is 0 Å². The molecule has 10 heteroatoms. The molecule has 1 saturated heterocycles. The molecule has 0 radical (unpaired) electrons. The second kappa shape index (κ2) is 9.31. The van der Waals surface area contributed by atoms with E-state index >= 15 is 0 Å². The molecule has 1 aromatic heterocycles. The Balaban J connectivity index is 1.53. The normalized spacial score (nSPS) is 16.1. The molecule has 30 heavy (non-hydrogen) atoms. The highest BCUT2D eigenvalue weighted by atomic mass is 32.2. The lowest BCUT2D eigenvalue weighted by Gasteiger charge is -2.34. The van der Waals surface area contributed by atoms with Crippen LogP contribution in [0.5, 0.6) is 0 Å². The zero-order valence-electron chi connectivity index (χ0n) is 16.4. The predicted molar refractivity (Wildman–Crippen MR) is 107 cm³/mol. The number of aromatic nitrogens is 1. The molecule has 2 N–H and O–H groups in total. The molecule has 1 aromatic carbocycles. The van der Waals surface area contributed by atoms with Gasteiger partial charge in [0.2, 0.25) is 15.9 Å². The molecule has 2 amide bonds. The minimum atomic E-state index is -4.17. The number of carbonyl (C=O) groups is 2. The van der Waals surface area contributed by atoms with E-state index in [9.17, 15) is 22.4 Å². The van der Waals surface area contributed by atoms with Crippen LogP contribution in [0.2, 0.25) is 0 Å². The molecule has 0 unspecified atom stereocenters. The SMILES string of the molecule is C[C@H](NS(=O)(=O)c1ccccc1F)C(=O)N1CCC(NC(=O)c2cccnc2)CC1. The van der Waals surface area contributed by atoms with Crippen LogP contribution in [-0.2, 0) is 14.8 Å². The standard InChI is InChI=1S/C20H23FN4O4S/c1-14(24-30(28,29)18-7-3-2-6-17(18)21)20(27)25-11-8-16(9-12-25)23-19(26)15-5-4-10-22-13-15/h2-7,10,13-14,16,24H,8-9,11-12H2,1H3,(H,23,26)/t14-/m0/s1. The van der Waals surface area contributed by atoms with E-state index in [1.165, 1.54) is 25.3 Å². The van der Waals surface area contributed by atoms with Crippen LogP contribution in [0.3, 0.4) is 0 Å². The van der Waals surface area contributed by atoms with Crippen LogP contribution in [-0.4, -0.2) is 55.3 Å². The zero-order valence-corrected chi connectivity index (χ0v) is 17.2. The molecule has 1 fully saturated rings. The summed E-state index contributed by atoms with van der Waals surface area (Å²) in [5.41, 5.74) is 0.465. The number of pyridine rings is 1. The fourth-order valence-corrected chi connectivity index (χ4v) is 4.57. The largest absolute Gasteiger partial charge is 0.349 e. The average Bonchev–Trinajstić information content (AvgIpc) is 2.74. The number of hydrogen-bond acceptors (Lipinski definition) is 5. The van der Waals surface area contributed by atoms with Gasteiger partial charge in [-0.2, -0.15) is 4.72 Å². The second-order valence-corrected chi connectivity index (χ2v) is 8.77. The first-order chi connectivity index (χ1) is 14.3. The summed E-state index contributed by atoms with van der Waals surface area (Å²) >= 11 is 0. The van der Waals surface area contributed by atoms with Crippen molar-refractivity contribution in [1.82, 2.24) is 19.9 Å². The molecule has 0 bridgehead atoms. The highest BCUT2D eigenvalue weighted by Gasteiger charge is 2.30. The smallest absolute Gasteiger partial charge is 0.253 e. The van der Waals surface area contributed by atoms with Crippen molar-refractivity contribution in [1.29, 1.82) is 0 Å². The van der Waals surface area contributed by atoms with Crippen molar-refractivity contribution < 1.29 is 22.4 Å². The van der Waals surface area contributed by atoms with Crippen LogP contribution in [0, 0.1) is 5.82 Å². The van der Waals surface area contributed by atoms with Gasteiger partial charge in [0.1, 0.15) is 10.7 Å². The van der Waals surface area contributed by atoms with Gasteiger partial charge in [-0.05, 0) is 44.0 Å². The van der Waals surface area contributed by atoms with E-state index in [-0.39, 0.29) is 11.9 Å². The van der Waals surface area contributed by atoms with Crippen molar-refractivity contribution in [3.8, 4) is 0 Å². The van der Waals surface area contributed by atoms with Gasteiger partial charge in [0.05, 0.1) is 11.6 Å². The molecule has 1 aliphatic heterocycles. The van der Waals surface area contributed by atoms with Crippen LogP contribution in [0.4, 0.5) is 4.39 Å². The van der Waals surface area contributed by atoms with Crippen LogP contribution in [0.25, 0.3) is 0 Å². The van der Waals surface area contributed by atoms with E-state index in [0.29, 0.717) is 31.5 Å². The van der Waals surface area contributed by atoms with Crippen molar-refractivity contribution in [3.05, 3.63) is 60.2 Å². The van der Waals surface area contributed by atoms with Crippen molar-refractivity contribution in [2.24, 2.45) is 0 Å². The van der Waals surface area contributed by atoms with Gasteiger partial charge in [0.15, 0.2) is 0 Å². The van der Waals surface area contributed by atoms with E-state index in [0.717, 1.165) is 12.1 Å². The summed E-state index contributed by atoms with van der Waals surface area (Å²) in [6, 6.07) is 7.21. The quantitative estimate of drug-likeness (QED) is 0.713. The Hall–Kier alpha value is -2.85. The molecular weight excluding hydrogens is 411 g/mol. The monoisotopic (exact) mass is 434 g/mol. The molecular formula is C20H23FN4O4S. The Kier molecular flexibility index (Phi) is 6.78. The third-order valence-corrected chi connectivity index (χ3v) is 6.47. The third-order valence-electron chi connectivity index (χ3n) is 4.89. The Morgan fingerprint density at radius 1 is 1.17 bits per heavy atom. The number of nitrogens with zero attached hydrogens (tertiary/aromatic N) is 2. The van der Waals surface area contributed by atoms with Crippen LogP contribution in [0.15, 0.2) is 53.7 Å². The van der Waals surface area contributed by atoms with Gasteiger partial charge in [-0.25, -0.2) is 12.8 Å². The number of sulfonamides is 1. The maximum atomic E-state index is 13.8. The number of carbonyl (C=O) groups excluding carboxylic acids is 2. The summed E-state index contributed by atoms with van der Waals surface area (Å²) in [5.74, 6) is -1.50. The Labute approximate surface area is 174 Å². The maximum Gasteiger partial charge on any atom is 0.253 e. The molecule has 1 atom stereocenters. The second-order valence-electron chi connectivity index (χ2n) is 7.09. The highest BCUT2D eigenvalue weighted by Crippen LogP contribution is 2.16. The fourth-order valence-electron chi connectivity index (χ4n) is 3.29. The molecule has 0 saturated carbocycles. The van der Waals surface area contributed by atoms with Gasteiger partial charge in [-0.15, -0.1) is 0 Å². The van der Waals surface area contributed by atoms with E-state index in [1.54, 1.807) is 23.2 Å². The number of likely N-dealkylation sites (tertiary alicyclic amines) is 1. The average molecular weight is 434 g/mol. The van der Waals surface area contributed by atoms with Gasteiger partial charge >= 0.3 is 0 Å². The number of benzene rings is 1. The van der Waals surface area contributed by atoms with Crippen molar-refractivity contribution in [2.75, 3.05) is 13.1 Å². The lowest BCUT2D eigenvalue weighted by molar-refractivity contribution is -0.133. The number of halogens is 1. The molecule has 160 valence electrons. The zero-order chi connectivity index (χ0) is 21.7. The summed E-state index contributed by atoms with van der Waals surface area (Å²) in [7, 11) is -4.17. The lowest BCUT2D eigenvalue weighted by atomic mass is 10.0. The van der Waals surface area contributed by atoms with Crippen molar-refractivity contribution >= 4 is 21.8 Å². The molecule has 0 spiro atoms. The Morgan fingerprint density at radius 3 is 2.50 bits per heavy atom. The van der Waals surface area contributed by atoms with Gasteiger partial charge in [0.25, 0.3) is 5.91 Å². The lowest BCUT2D eigenvalue weighted by Crippen LogP contribution is -2.52. The van der Waals surface area contributed by atoms with Gasteiger partial charge < -0.3 is 10.2 Å². The summed E-state index contributed by atoms with van der Waals surface area (Å²) < 4.78 is 40.8. The fraction of sp³-hybridized carbons (Fsp3) is 0.350. The van der Waals surface area contributed by atoms with Crippen LogP contribution in [0.1, 0.15) is 30.1 Å². The number of hydrogen-bond donors (Lipinski definition) is 2. The summed E-state index contributed by atoms with van der Waals surface area (Å²) in [5, 5.41) is 2.92. The van der Waals surface area contributed by atoms with Gasteiger partial charge in [-0.3, -0.25) is 14.6 Å². The Morgan fingerprint density at radius 2 is 1.87 bits per heavy atom. The molecule has 3 rings (SSSR count). The molecule has 1 aliphatic rings. The van der Waals surface area contributed by atoms with Crippen molar-refractivity contribution in [3.63, 3.8) is 0 Å². The van der Waals surface area contributed by atoms with E-state index in [1.807, 2.05) is 0 Å². The minimum Gasteiger partial charge on any atom is -0.349 e. The summed E-state index contributed by atoms with van der Waals surface area (Å²) in [6.07, 6.45) is 4.16. The first kappa shape index (κ1) is 21.8.